The summed E-state index contributed by atoms with van der Waals surface area (Å²) < 4.78 is 0. The van der Waals surface area contributed by atoms with Crippen LogP contribution in [0.2, 0.25) is 0 Å². The van der Waals surface area contributed by atoms with Gasteiger partial charge in [-0.15, -0.1) is 0 Å². The second-order valence-electron chi connectivity index (χ2n) is 2.96. The van der Waals surface area contributed by atoms with E-state index in [1.165, 1.54) is 0 Å². The predicted octanol–water partition coefficient (Wildman–Crippen LogP) is 1.13. The van der Waals surface area contributed by atoms with E-state index < -0.39 is 0 Å². The second-order valence-corrected chi connectivity index (χ2v) is 2.96. The number of hydrogen-bond donors (Lipinski definition) is 3. The molecule has 0 atom stereocenters. The van der Waals surface area contributed by atoms with Crippen LogP contribution in [0, 0.1) is 0 Å². The monoisotopic (exact) mass is 202 g/mol. The quantitative estimate of drug-likeness (QED) is 0.502. The lowest BCUT2D eigenvalue weighted by atomic mass is 10.2. The molecule has 5 nitrogen and oxygen atoms in total. The van der Waals surface area contributed by atoms with Crippen LogP contribution >= 0.6 is 0 Å². The van der Waals surface area contributed by atoms with Gasteiger partial charge in [-0.2, -0.15) is 0 Å². The van der Waals surface area contributed by atoms with Crippen LogP contribution in [-0.2, 0) is 0 Å². The summed E-state index contributed by atoms with van der Waals surface area (Å²) in [6.07, 6.45) is 1.60. The zero-order chi connectivity index (χ0) is 10.7. The summed E-state index contributed by atoms with van der Waals surface area (Å²) in [5, 5.41) is 9.31. The lowest BCUT2D eigenvalue weighted by Gasteiger charge is -2.02. The number of hydrazine groups is 1. The maximum absolute atomic E-state index is 9.31. The number of rotatable bonds is 2. The fourth-order valence-corrected chi connectivity index (χ4v) is 1.22. The molecule has 0 fully saturated rings. The maximum Gasteiger partial charge on any atom is 0.161 e. The molecule has 1 aromatic carbocycles. The molecule has 2 aromatic rings. The number of hydrogen-bond acceptors (Lipinski definition) is 5. The van der Waals surface area contributed by atoms with Crippen LogP contribution < -0.4 is 11.3 Å². The summed E-state index contributed by atoms with van der Waals surface area (Å²) >= 11 is 0. The number of aromatic hydroxyl groups is 1. The number of benzene rings is 1. The SMILES string of the molecule is NNc1ccnc(-c2cccc(O)c2)n1. The van der Waals surface area contributed by atoms with Gasteiger partial charge in [-0.3, -0.25) is 0 Å². The van der Waals surface area contributed by atoms with Gasteiger partial charge in [0.05, 0.1) is 0 Å². The summed E-state index contributed by atoms with van der Waals surface area (Å²) in [6.45, 7) is 0. The summed E-state index contributed by atoms with van der Waals surface area (Å²) in [5.74, 6) is 6.47. The Morgan fingerprint density at radius 2 is 2.13 bits per heavy atom. The number of phenols is 1. The largest absolute Gasteiger partial charge is 0.508 e. The van der Waals surface area contributed by atoms with Crippen molar-refractivity contribution in [2.75, 3.05) is 5.43 Å². The average Bonchev–Trinajstić information content (AvgIpc) is 2.29. The molecular weight excluding hydrogens is 192 g/mol. The van der Waals surface area contributed by atoms with E-state index >= 15 is 0 Å². The molecule has 0 bridgehead atoms. The fourth-order valence-electron chi connectivity index (χ4n) is 1.22. The predicted molar refractivity (Wildman–Crippen MR) is 56.9 cm³/mol. The lowest BCUT2D eigenvalue weighted by molar-refractivity contribution is 0.475. The Morgan fingerprint density at radius 1 is 1.27 bits per heavy atom. The van der Waals surface area contributed by atoms with Crippen LogP contribution in [0.3, 0.4) is 0 Å². The number of aromatic nitrogens is 2. The van der Waals surface area contributed by atoms with E-state index in [1.807, 2.05) is 6.07 Å². The van der Waals surface area contributed by atoms with Gasteiger partial charge in [0.25, 0.3) is 0 Å². The first kappa shape index (κ1) is 9.42. The molecule has 0 unspecified atom stereocenters. The van der Waals surface area contributed by atoms with E-state index in [4.69, 9.17) is 5.84 Å². The number of phenolic OH excluding ortho intramolecular Hbond substituents is 1. The minimum Gasteiger partial charge on any atom is -0.508 e. The van der Waals surface area contributed by atoms with Crippen molar-refractivity contribution >= 4 is 5.82 Å². The third-order valence-corrected chi connectivity index (χ3v) is 1.91. The molecule has 0 saturated carbocycles. The van der Waals surface area contributed by atoms with Crippen molar-refractivity contribution in [2.24, 2.45) is 5.84 Å². The highest BCUT2D eigenvalue weighted by molar-refractivity contribution is 5.58. The first-order valence-corrected chi connectivity index (χ1v) is 4.38. The number of nitrogens with one attached hydrogen (secondary N) is 1. The third-order valence-electron chi connectivity index (χ3n) is 1.91. The van der Waals surface area contributed by atoms with Gasteiger partial charge in [0.15, 0.2) is 5.82 Å². The van der Waals surface area contributed by atoms with Crippen molar-refractivity contribution in [3.8, 4) is 17.1 Å². The van der Waals surface area contributed by atoms with Crippen LogP contribution in [-0.4, -0.2) is 15.1 Å². The van der Waals surface area contributed by atoms with Crippen LogP contribution in [0.4, 0.5) is 5.82 Å². The van der Waals surface area contributed by atoms with E-state index in [1.54, 1.807) is 30.5 Å². The summed E-state index contributed by atoms with van der Waals surface area (Å²) in [6, 6.07) is 8.39. The Morgan fingerprint density at radius 3 is 2.87 bits per heavy atom. The number of nitrogen functional groups attached to an aromatic ring is 1. The van der Waals surface area contributed by atoms with Crippen molar-refractivity contribution in [1.82, 2.24) is 9.97 Å². The van der Waals surface area contributed by atoms with Gasteiger partial charge < -0.3 is 10.5 Å². The molecule has 76 valence electrons. The van der Waals surface area contributed by atoms with Gasteiger partial charge in [-0.1, -0.05) is 12.1 Å². The van der Waals surface area contributed by atoms with E-state index in [0.717, 1.165) is 5.56 Å². The van der Waals surface area contributed by atoms with E-state index in [9.17, 15) is 5.11 Å². The highest BCUT2D eigenvalue weighted by Crippen LogP contribution is 2.20. The number of anilines is 1. The van der Waals surface area contributed by atoms with Crippen molar-refractivity contribution in [1.29, 1.82) is 0 Å². The molecule has 1 aromatic heterocycles. The minimum absolute atomic E-state index is 0.183. The van der Waals surface area contributed by atoms with E-state index in [2.05, 4.69) is 15.4 Å². The van der Waals surface area contributed by atoms with Crippen molar-refractivity contribution < 1.29 is 5.11 Å². The van der Waals surface area contributed by atoms with Crippen LogP contribution in [0.25, 0.3) is 11.4 Å². The molecule has 1 heterocycles. The van der Waals surface area contributed by atoms with Crippen LogP contribution in [0.5, 0.6) is 5.75 Å². The van der Waals surface area contributed by atoms with E-state index in [-0.39, 0.29) is 5.75 Å². The first-order chi connectivity index (χ1) is 7.29. The summed E-state index contributed by atoms with van der Waals surface area (Å²) in [4.78, 5) is 8.23. The molecule has 0 aliphatic rings. The van der Waals surface area contributed by atoms with Gasteiger partial charge in [-0.25, -0.2) is 15.8 Å². The van der Waals surface area contributed by atoms with Gasteiger partial charge >= 0.3 is 0 Å². The zero-order valence-corrected chi connectivity index (χ0v) is 7.88. The van der Waals surface area contributed by atoms with Crippen molar-refractivity contribution in [3.63, 3.8) is 0 Å². The number of nitrogens with zero attached hydrogens (tertiary/aromatic N) is 2. The first-order valence-electron chi connectivity index (χ1n) is 4.38. The molecule has 5 heteroatoms. The normalized spacial score (nSPS) is 9.93. The minimum atomic E-state index is 0.183. The second kappa shape index (κ2) is 3.93. The molecular formula is C10H10N4O. The van der Waals surface area contributed by atoms with Crippen LogP contribution in [0.1, 0.15) is 0 Å². The average molecular weight is 202 g/mol. The van der Waals surface area contributed by atoms with Crippen LogP contribution in [0.15, 0.2) is 36.5 Å². The fraction of sp³-hybridized carbons (Fsp3) is 0. The van der Waals surface area contributed by atoms with Gasteiger partial charge in [0, 0.05) is 17.8 Å². The molecule has 2 rings (SSSR count). The molecule has 0 radical (unpaired) electrons. The highest BCUT2D eigenvalue weighted by atomic mass is 16.3. The topological polar surface area (TPSA) is 84.1 Å². The molecule has 0 amide bonds. The summed E-state index contributed by atoms with van der Waals surface area (Å²) in [5.41, 5.74) is 3.18. The standard InChI is InChI=1S/C10H10N4O/c11-14-9-4-5-12-10(13-9)7-2-1-3-8(15)6-7/h1-6,15H,11H2,(H,12,13,14). The molecule has 4 N–H and O–H groups in total. The van der Waals surface area contributed by atoms with Gasteiger partial charge in [-0.05, 0) is 12.1 Å². The van der Waals surface area contributed by atoms with Crippen molar-refractivity contribution in [2.45, 2.75) is 0 Å². The van der Waals surface area contributed by atoms with Gasteiger partial charge in [0.1, 0.15) is 11.6 Å². The lowest BCUT2D eigenvalue weighted by Crippen LogP contribution is -2.08. The Kier molecular flexibility index (Phi) is 2.47. The Balaban J connectivity index is 2.44. The zero-order valence-electron chi connectivity index (χ0n) is 7.88. The van der Waals surface area contributed by atoms with E-state index in [0.29, 0.717) is 11.6 Å². The molecule has 0 spiro atoms. The molecule has 15 heavy (non-hydrogen) atoms. The summed E-state index contributed by atoms with van der Waals surface area (Å²) in [7, 11) is 0. The number of nitrogens with two attached hydrogens (primary N) is 1. The molecule has 0 aliphatic carbocycles. The Hall–Kier alpha value is -2.14. The molecule has 0 saturated heterocycles. The molecule has 0 aliphatic heterocycles. The van der Waals surface area contributed by atoms with Crippen molar-refractivity contribution in [3.05, 3.63) is 36.5 Å². The Bertz CT molecular complexity index is 472. The van der Waals surface area contributed by atoms with Gasteiger partial charge in [0.2, 0.25) is 0 Å². The Labute approximate surface area is 86.6 Å². The third kappa shape index (κ3) is 2.03. The smallest absolute Gasteiger partial charge is 0.161 e. The highest BCUT2D eigenvalue weighted by Gasteiger charge is 2.02. The maximum atomic E-state index is 9.31.